The molecule has 1 aliphatic heterocycles. The van der Waals surface area contributed by atoms with Gasteiger partial charge in [-0.1, -0.05) is 29.8 Å². The van der Waals surface area contributed by atoms with Gasteiger partial charge in [-0.05, 0) is 60.1 Å². The van der Waals surface area contributed by atoms with Crippen LogP contribution in [0.1, 0.15) is 40.7 Å². The number of carbonyl (C=O) groups is 1. The first kappa shape index (κ1) is 23.4. The van der Waals surface area contributed by atoms with Gasteiger partial charge in [0.1, 0.15) is 23.7 Å². The quantitative estimate of drug-likeness (QED) is 0.484. The molecule has 2 aliphatic rings. The van der Waals surface area contributed by atoms with E-state index in [1.165, 1.54) is 31.2 Å². The van der Waals surface area contributed by atoms with Crippen molar-refractivity contribution >= 4 is 23.5 Å². The Morgan fingerprint density at radius 3 is 2.63 bits per heavy atom. The van der Waals surface area contributed by atoms with Gasteiger partial charge in [-0.15, -0.1) is 0 Å². The van der Waals surface area contributed by atoms with Gasteiger partial charge in [0.2, 0.25) is 11.8 Å². The Balaban J connectivity index is 1.35. The maximum Gasteiger partial charge on any atom is 0.258 e. The Labute approximate surface area is 208 Å². The average molecular weight is 497 g/mol. The van der Waals surface area contributed by atoms with Gasteiger partial charge in [0, 0.05) is 25.8 Å². The first-order valence-corrected chi connectivity index (χ1v) is 11.9. The number of ether oxygens (including phenoxy) is 2. The number of carbonyl (C=O) groups excluding carboxylic acids is 1. The van der Waals surface area contributed by atoms with Gasteiger partial charge in [0.25, 0.3) is 5.91 Å². The van der Waals surface area contributed by atoms with Crippen LogP contribution in [-0.2, 0) is 13.2 Å². The number of halogens is 2. The van der Waals surface area contributed by atoms with Crippen LogP contribution in [-0.4, -0.2) is 36.1 Å². The van der Waals surface area contributed by atoms with Crippen LogP contribution in [0.4, 0.5) is 10.3 Å². The smallest absolute Gasteiger partial charge is 0.258 e. The molecule has 0 radical (unpaired) electrons. The summed E-state index contributed by atoms with van der Waals surface area (Å²) >= 11 is 6.25. The van der Waals surface area contributed by atoms with E-state index in [1.807, 2.05) is 6.07 Å². The van der Waals surface area contributed by atoms with Crippen molar-refractivity contribution in [1.82, 2.24) is 15.3 Å². The van der Waals surface area contributed by atoms with E-state index in [0.717, 1.165) is 30.6 Å². The second-order valence-corrected chi connectivity index (χ2v) is 9.53. The Morgan fingerprint density at radius 1 is 1.17 bits per heavy atom. The Kier molecular flexibility index (Phi) is 6.47. The molecule has 2 heterocycles. The Hall–Kier alpha value is -3.39. The number of nitrogens with one attached hydrogen (secondary N) is 1. The molecular weight excluding hydrogens is 471 g/mol. The molecule has 3 aromatic rings. The van der Waals surface area contributed by atoms with Crippen molar-refractivity contribution in [2.45, 2.75) is 32.4 Å². The molecule has 1 N–H and O–H groups in total. The monoisotopic (exact) mass is 496 g/mol. The lowest BCUT2D eigenvalue weighted by atomic mass is 10.1. The predicted octanol–water partition coefficient (Wildman–Crippen LogP) is 4.78. The van der Waals surface area contributed by atoms with Gasteiger partial charge >= 0.3 is 0 Å². The molecule has 7 nitrogen and oxygen atoms in total. The lowest BCUT2D eigenvalue weighted by Gasteiger charge is -2.18. The van der Waals surface area contributed by atoms with E-state index in [-0.39, 0.29) is 36.3 Å². The summed E-state index contributed by atoms with van der Waals surface area (Å²) < 4.78 is 24.4. The molecule has 1 spiro atoms. The van der Waals surface area contributed by atoms with Gasteiger partial charge in [-0.25, -0.2) is 9.37 Å². The van der Waals surface area contributed by atoms with Gasteiger partial charge < -0.3 is 19.7 Å². The fourth-order valence-corrected chi connectivity index (χ4v) is 4.58. The third-order valence-corrected chi connectivity index (χ3v) is 6.92. The summed E-state index contributed by atoms with van der Waals surface area (Å²) in [5, 5.41) is 3.31. The highest BCUT2D eigenvalue weighted by Gasteiger charge is 2.48. The number of hydrogen-bond acceptors (Lipinski definition) is 6. The standard InChI is InChI=1S/C26H26ClFN4O3/c1-34-22-7-4-18(12-21(22)27)15-35-24-20(23(33)29-13-17-2-5-19(28)6-3-17)14-30-25(31-24)32-11-10-26(16-32)8-9-26/h2-7,12,14H,8-11,13,15-16H2,1H3,(H,29,33). The third kappa shape index (κ3) is 5.32. The topological polar surface area (TPSA) is 76.6 Å². The van der Waals surface area contributed by atoms with E-state index in [2.05, 4.69) is 20.2 Å². The number of nitrogens with zero attached hydrogens (tertiary/aromatic N) is 3. The summed E-state index contributed by atoms with van der Waals surface area (Å²) in [5.74, 6) is 0.641. The van der Waals surface area contributed by atoms with Crippen LogP contribution in [0, 0.1) is 11.2 Å². The summed E-state index contributed by atoms with van der Waals surface area (Å²) in [6.45, 7) is 2.23. The highest BCUT2D eigenvalue weighted by molar-refractivity contribution is 6.32. The molecule has 1 aliphatic carbocycles. The van der Waals surface area contributed by atoms with Gasteiger partial charge in [-0.2, -0.15) is 4.98 Å². The summed E-state index contributed by atoms with van der Waals surface area (Å²) in [6.07, 6.45) is 5.14. The molecule has 9 heteroatoms. The zero-order valence-corrected chi connectivity index (χ0v) is 20.1. The first-order chi connectivity index (χ1) is 16.9. The Morgan fingerprint density at radius 2 is 1.94 bits per heavy atom. The molecule has 1 aromatic heterocycles. The van der Waals surface area contributed by atoms with E-state index >= 15 is 0 Å². The summed E-state index contributed by atoms with van der Waals surface area (Å²) in [6, 6.07) is 11.3. The molecule has 182 valence electrons. The van der Waals surface area contributed by atoms with Gasteiger partial charge in [0.15, 0.2) is 0 Å². The molecule has 1 saturated carbocycles. The lowest BCUT2D eigenvalue weighted by Crippen LogP contribution is -2.26. The van der Waals surface area contributed by atoms with Crippen LogP contribution in [0.5, 0.6) is 11.6 Å². The molecule has 35 heavy (non-hydrogen) atoms. The number of benzene rings is 2. The second-order valence-electron chi connectivity index (χ2n) is 9.13. The maximum atomic E-state index is 13.2. The van der Waals surface area contributed by atoms with Gasteiger partial charge in [-0.3, -0.25) is 4.79 Å². The van der Waals surface area contributed by atoms with E-state index in [9.17, 15) is 9.18 Å². The summed E-state index contributed by atoms with van der Waals surface area (Å²) in [5.41, 5.74) is 2.23. The number of rotatable bonds is 8. The highest BCUT2D eigenvalue weighted by atomic mass is 35.5. The minimum atomic E-state index is -0.372. The Bertz CT molecular complexity index is 1230. The van der Waals surface area contributed by atoms with Gasteiger partial charge in [0.05, 0.1) is 12.1 Å². The van der Waals surface area contributed by atoms with Crippen LogP contribution in [0.3, 0.4) is 0 Å². The molecule has 5 rings (SSSR count). The van der Waals surface area contributed by atoms with Crippen molar-refractivity contribution in [3.8, 4) is 11.6 Å². The van der Waals surface area contributed by atoms with E-state index in [1.54, 1.807) is 31.4 Å². The zero-order valence-electron chi connectivity index (χ0n) is 19.4. The molecule has 1 saturated heterocycles. The number of amides is 1. The molecule has 0 unspecified atom stereocenters. The van der Waals surface area contributed by atoms with Crippen molar-refractivity contribution in [2.24, 2.45) is 5.41 Å². The fraction of sp³-hybridized carbons (Fsp3) is 0.346. The van der Waals surface area contributed by atoms with Crippen LogP contribution in [0.2, 0.25) is 5.02 Å². The summed E-state index contributed by atoms with van der Waals surface area (Å²) in [4.78, 5) is 24.3. The minimum Gasteiger partial charge on any atom is -0.495 e. The number of hydrogen-bond donors (Lipinski definition) is 1. The van der Waals surface area contributed by atoms with Crippen molar-refractivity contribution in [2.75, 3.05) is 25.1 Å². The SMILES string of the molecule is COc1ccc(COc2nc(N3CCC4(CC4)C3)ncc2C(=O)NCc2ccc(F)cc2)cc1Cl. The van der Waals surface area contributed by atoms with Crippen molar-refractivity contribution < 1.29 is 18.7 Å². The lowest BCUT2D eigenvalue weighted by molar-refractivity contribution is 0.0945. The van der Waals surface area contributed by atoms with Crippen molar-refractivity contribution in [3.05, 3.63) is 76.2 Å². The zero-order chi connectivity index (χ0) is 24.4. The van der Waals surface area contributed by atoms with E-state index in [0.29, 0.717) is 22.1 Å². The highest BCUT2D eigenvalue weighted by Crippen LogP contribution is 2.53. The normalized spacial score (nSPS) is 15.8. The number of methoxy groups -OCH3 is 1. The number of anilines is 1. The number of aromatic nitrogens is 2. The molecule has 0 atom stereocenters. The first-order valence-electron chi connectivity index (χ1n) is 11.5. The molecule has 0 bridgehead atoms. The van der Waals surface area contributed by atoms with Crippen molar-refractivity contribution in [3.63, 3.8) is 0 Å². The minimum absolute atomic E-state index is 0.169. The molecule has 2 fully saturated rings. The summed E-state index contributed by atoms with van der Waals surface area (Å²) in [7, 11) is 1.56. The van der Waals surface area contributed by atoms with Crippen molar-refractivity contribution in [1.29, 1.82) is 0 Å². The molecule has 1 amide bonds. The van der Waals surface area contributed by atoms with Crippen LogP contribution in [0.25, 0.3) is 0 Å². The van der Waals surface area contributed by atoms with E-state index in [4.69, 9.17) is 21.1 Å². The average Bonchev–Trinajstić information content (AvgIpc) is 3.50. The van der Waals surface area contributed by atoms with E-state index < -0.39 is 0 Å². The predicted molar refractivity (Wildman–Crippen MR) is 130 cm³/mol. The maximum absolute atomic E-state index is 13.2. The fourth-order valence-electron chi connectivity index (χ4n) is 4.30. The largest absolute Gasteiger partial charge is 0.495 e. The third-order valence-electron chi connectivity index (χ3n) is 6.62. The second kappa shape index (κ2) is 9.70. The molecular formula is C26H26ClFN4O3. The van der Waals surface area contributed by atoms with Crippen LogP contribution in [0.15, 0.2) is 48.7 Å². The van der Waals surface area contributed by atoms with Crippen LogP contribution < -0.4 is 19.7 Å². The van der Waals surface area contributed by atoms with Crippen LogP contribution >= 0.6 is 11.6 Å². The molecule has 2 aromatic carbocycles.